The topological polar surface area (TPSA) is 42.4 Å². The van der Waals surface area contributed by atoms with Gasteiger partial charge in [-0.15, -0.1) is 0 Å². The quantitative estimate of drug-likeness (QED) is 0.918. The number of hydrogen-bond donors (Lipinski definition) is 1. The minimum atomic E-state index is 0.470. The van der Waals surface area contributed by atoms with Crippen molar-refractivity contribution in [3.63, 3.8) is 0 Å². The van der Waals surface area contributed by atoms with Crippen molar-refractivity contribution in [2.24, 2.45) is 5.73 Å². The Kier molecular flexibility index (Phi) is 3.07. The molecule has 0 bridgehead atoms. The Morgan fingerprint density at radius 2 is 2.16 bits per heavy atom. The molecule has 2 N–H and O–H groups in total. The fourth-order valence-electron chi connectivity index (χ4n) is 2.91. The highest BCUT2D eigenvalue weighted by molar-refractivity contribution is 5.59. The molecule has 19 heavy (non-hydrogen) atoms. The van der Waals surface area contributed by atoms with Crippen molar-refractivity contribution >= 4 is 5.69 Å². The number of benzene rings is 1. The van der Waals surface area contributed by atoms with Gasteiger partial charge in [-0.1, -0.05) is 18.2 Å². The molecule has 3 rings (SSSR count). The third kappa shape index (κ3) is 2.15. The van der Waals surface area contributed by atoms with Crippen LogP contribution < -0.4 is 10.6 Å². The van der Waals surface area contributed by atoms with Crippen LogP contribution in [0.4, 0.5) is 5.69 Å². The first-order valence-electron chi connectivity index (χ1n) is 6.82. The van der Waals surface area contributed by atoms with E-state index >= 15 is 0 Å². The van der Waals surface area contributed by atoms with Crippen molar-refractivity contribution in [3.8, 4) is 0 Å². The number of aryl methyl sites for hydroxylation is 1. The lowest BCUT2D eigenvalue weighted by molar-refractivity contribution is 0.455. The van der Waals surface area contributed by atoms with E-state index in [0.717, 1.165) is 30.0 Å². The van der Waals surface area contributed by atoms with Crippen LogP contribution in [0.2, 0.25) is 0 Å². The maximum atomic E-state index is 5.82. The van der Waals surface area contributed by atoms with E-state index in [1.54, 1.807) is 0 Å². The van der Waals surface area contributed by atoms with Crippen molar-refractivity contribution in [1.29, 1.82) is 0 Å². The molecule has 0 aliphatic carbocycles. The van der Waals surface area contributed by atoms with Crippen molar-refractivity contribution in [3.05, 3.63) is 53.0 Å². The summed E-state index contributed by atoms with van der Waals surface area (Å²) in [4.78, 5) is 2.41. The van der Waals surface area contributed by atoms with Crippen LogP contribution in [0.1, 0.15) is 29.6 Å². The molecular formula is C16H20N2O. The minimum absolute atomic E-state index is 0.470. The molecule has 100 valence electrons. The van der Waals surface area contributed by atoms with E-state index in [-0.39, 0.29) is 0 Å². The third-order valence-corrected chi connectivity index (χ3v) is 3.93. The zero-order valence-electron chi connectivity index (χ0n) is 11.5. The highest BCUT2D eigenvalue weighted by atomic mass is 16.3. The molecule has 2 aromatic rings. The molecule has 0 fully saturated rings. The second kappa shape index (κ2) is 4.74. The monoisotopic (exact) mass is 256 g/mol. The Morgan fingerprint density at radius 3 is 2.89 bits per heavy atom. The Morgan fingerprint density at radius 1 is 1.37 bits per heavy atom. The van der Waals surface area contributed by atoms with Gasteiger partial charge in [0, 0.05) is 11.7 Å². The summed E-state index contributed by atoms with van der Waals surface area (Å²) < 4.78 is 5.82. The molecule has 1 aliphatic rings. The molecule has 0 radical (unpaired) electrons. The molecule has 0 amide bonds. The summed E-state index contributed by atoms with van der Waals surface area (Å²) in [7, 11) is 0. The van der Waals surface area contributed by atoms with Gasteiger partial charge in [-0.25, -0.2) is 0 Å². The van der Waals surface area contributed by atoms with Crippen molar-refractivity contribution in [1.82, 2.24) is 0 Å². The molecule has 1 aromatic heterocycles. The first-order chi connectivity index (χ1) is 9.19. The molecule has 1 atom stereocenters. The average molecular weight is 256 g/mol. The number of anilines is 1. The van der Waals surface area contributed by atoms with Gasteiger partial charge in [0.2, 0.25) is 0 Å². The van der Waals surface area contributed by atoms with Crippen LogP contribution in [0.3, 0.4) is 0 Å². The minimum Gasteiger partial charge on any atom is -0.463 e. The van der Waals surface area contributed by atoms with Crippen LogP contribution in [0.15, 0.2) is 34.7 Å². The number of nitrogens with zero attached hydrogens (tertiary/aromatic N) is 1. The Hall–Kier alpha value is -1.74. The van der Waals surface area contributed by atoms with Crippen LogP contribution in [-0.4, -0.2) is 6.04 Å². The highest BCUT2D eigenvalue weighted by Crippen LogP contribution is 2.33. The van der Waals surface area contributed by atoms with Gasteiger partial charge in [-0.05, 0) is 43.5 Å². The summed E-state index contributed by atoms with van der Waals surface area (Å²) in [5.74, 6) is 1.90. The van der Waals surface area contributed by atoms with Crippen molar-refractivity contribution in [2.45, 2.75) is 39.4 Å². The first kappa shape index (κ1) is 12.3. The largest absolute Gasteiger partial charge is 0.463 e. The lowest BCUT2D eigenvalue weighted by atomic mass is 10.1. The summed E-state index contributed by atoms with van der Waals surface area (Å²) in [5, 5.41) is 0. The number of fused-ring (bicyclic) bond motifs is 1. The van der Waals surface area contributed by atoms with Crippen molar-refractivity contribution in [2.75, 3.05) is 4.90 Å². The molecule has 3 heteroatoms. The van der Waals surface area contributed by atoms with Gasteiger partial charge in [0.1, 0.15) is 11.5 Å². The summed E-state index contributed by atoms with van der Waals surface area (Å²) in [6.45, 7) is 5.60. The molecule has 1 aliphatic heterocycles. The zero-order chi connectivity index (χ0) is 13.4. The lowest BCUT2D eigenvalue weighted by Gasteiger charge is -2.23. The van der Waals surface area contributed by atoms with E-state index in [9.17, 15) is 0 Å². The van der Waals surface area contributed by atoms with E-state index in [2.05, 4.69) is 49.1 Å². The molecule has 0 saturated carbocycles. The first-order valence-corrected chi connectivity index (χ1v) is 6.82. The Balaban J connectivity index is 1.86. The standard InChI is InChI=1S/C16H20N2O/c1-11-7-14(19-16(11)9-17)10-18-12(2)8-13-5-3-4-6-15(13)18/h3-7,12H,8-10,17H2,1-2H3. The van der Waals surface area contributed by atoms with Crippen LogP contribution in [0, 0.1) is 6.92 Å². The van der Waals surface area contributed by atoms with E-state index < -0.39 is 0 Å². The van der Waals surface area contributed by atoms with Gasteiger partial charge in [0.25, 0.3) is 0 Å². The Bertz CT molecular complexity index is 588. The number of nitrogens with two attached hydrogens (primary N) is 1. The maximum absolute atomic E-state index is 5.82. The number of rotatable bonds is 3. The van der Waals surface area contributed by atoms with Gasteiger partial charge in [0.15, 0.2) is 0 Å². The molecule has 1 unspecified atom stereocenters. The summed E-state index contributed by atoms with van der Waals surface area (Å²) in [5.41, 5.74) is 9.58. The summed E-state index contributed by atoms with van der Waals surface area (Å²) in [6.07, 6.45) is 1.11. The maximum Gasteiger partial charge on any atom is 0.123 e. The molecule has 1 aromatic carbocycles. The van der Waals surface area contributed by atoms with Crippen LogP contribution >= 0.6 is 0 Å². The smallest absolute Gasteiger partial charge is 0.123 e. The summed E-state index contributed by atoms with van der Waals surface area (Å²) >= 11 is 0. The van der Waals surface area contributed by atoms with Crippen LogP contribution in [-0.2, 0) is 19.5 Å². The fourth-order valence-corrected chi connectivity index (χ4v) is 2.91. The predicted molar refractivity (Wildman–Crippen MR) is 77.1 cm³/mol. The number of hydrogen-bond acceptors (Lipinski definition) is 3. The van der Waals surface area contributed by atoms with E-state index in [1.165, 1.54) is 11.3 Å². The van der Waals surface area contributed by atoms with E-state index in [4.69, 9.17) is 10.2 Å². The molecular weight excluding hydrogens is 236 g/mol. The normalized spacial score (nSPS) is 17.8. The van der Waals surface area contributed by atoms with E-state index in [1.807, 2.05) is 0 Å². The summed E-state index contributed by atoms with van der Waals surface area (Å²) in [6, 6.07) is 11.2. The van der Waals surface area contributed by atoms with Gasteiger partial charge in [-0.3, -0.25) is 0 Å². The Labute approximate surface area is 114 Å². The second-order valence-electron chi connectivity index (χ2n) is 5.33. The van der Waals surface area contributed by atoms with Crippen LogP contribution in [0.5, 0.6) is 0 Å². The average Bonchev–Trinajstić information content (AvgIpc) is 2.91. The molecule has 2 heterocycles. The molecule has 0 spiro atoms. The zero-order valence-corrected chi connectivity index (χ0v) is 11.5. The number of para-hydroxylation sites is 1. The lowest BCUT2D eigenvalue weighted by Crippen LogP contribution is -2.28. The molecule has 3 nitrogen and oxygen atoms in total. The van der Waals surface area contributed by atoms with Gasteiger partial charge in [0.05, 0.1) is 13.1 Å². The fraction of sp³-hybridized carbons (Fsp3) is 0.375. The molecule has 0 saturated heterocycles. The van der Waals surface area contributed by atoms with Gasteiger partial charge in [-0.2, -0.15) is 0 Å². The number of furan rings is 1. The van der Waals surface area contributed by atoms with Crippen molar-refractivity contribution < 1.29 is 4.42 Å². The van der Waals surface area contributed by atoms with Gasteiger partial charge >= 0.3 is 0 Å². The van der Waals surface area contributed by atoms with Gasteiger partial charge < -0.3 is 15.1 Å². The van der Waals surface area contributed by atoms with Crippen LogP contribution in [0.25, 0.3) is 0 Å². The highest BCUT2D eigenvalue weighted by Gasteiger charge is 2.26. The SMILES string of the molecule is Cc1cc(CN2c3ccccc3CC2C)oc1CN. The van der Waals surface area contributed by atoms with E-state index in [0.29, 0.717) is 12.6 Å². The second-order valence-corrected chi connectivity index (χ2v) is 5.33. The third-order valence-electron chi connectivity index (χ3n) is 3.93. The predicted octanol–water partition coefficient (Wildman–Crippen LogP) is 3.00.